The lowest BCUT2D eigenvalue weighted by Crippen LogP contribution is -2.71. The van der Waals surface area contributed by atoms with Gasteiger partial charge in [-0.25, -0.2) is 0 Å². The van der Waals surface area contributed by atoms with Gasteiger partial charge in [0, 0.05) is 51.9 Å². The van der Waals surface area contributed by atoms with Crippen molar-refractivity contribution in [1.29, 1.82) is 0 Å². The fourth-order valence-electron chi connectivity index (χ4n) is 4.66. The Labute approximate surface area is 146 Å². The lowest BCUT2D eigenvalue weighted by atomic mass is 9.91. The molecule has 0 amide bonds. The molecule has 1 saturated carbocycles. The van der Waals surface area contributed by atoms with Crippen LogP contribution in [0.3, 0.4) is 0 Å². The van der Waals surface area contributed by atoms with Gasteiger partial charge in [-0.3, -0.25) is 9.80 Å². The van der Waals surface area contributed by atoms with E-state index in [1.54, 1.807) is 0 Å². The van der Waals surface area contributed by atoms with Gasteiger partial charge in [-0.05, 0) is 31.2 Å². The molecule has 1 aromatic carbocycles. The Morgan fingerprint density at radius 2 is 1.83 bits per heavy atom. The monoisotopic (exact) mass is 329 g/mol. The predicted molar refractivity (Wildman–Crippen MR) is 96.9 cm³/mol. The van der Waals surface area contributed by atoms with Gasteiger partial charge in [-0.2, -0.15) is 0 Å². The van der Waals surface area contributed by atoms with Crippen LogP contribution in [-0.4, -0.2) is 77.3 Å². The van der Waals surface area contributed by atoms with E-state index in [2.05, 4.69) is 52.0 Å². The second-order valence-electron chi connectivity index (χ2n) is 8.36. The molecule has 4 rings (SSSR count). The highest BCUT2D eigenvalue weighted by Gasteiger charge is 2.45. The maximum Gasteiger partial charge on any atom is 0.0625 e. The molecule has 3 fully saturated rings. The van der Waals surface area contributed by atoms with Gasteiger partial charge < -0.3 is 10.0 Å². The Hall–Kier alpha value is -0.940. The molecule has 0 bridgehead atoms. The molecular formula is C20H31N3O. The molecule has 4 nitrogen and oxygen atoms in total. The lowest BCUT2D eigenvalue weighted by Gasteiger charge is -2.56. The standard InChI is InChI=1S/C20H31N3O/c1-20(16-24)15-22(12-17-5-3-2-4-6-17)14-19-13-21(9-10-23(19)20)11-18-7-8-18/h2-6,18-19,24H,7-16H2,1H3/t19-,20-/m0/s1. The fraction of sp³-hybridized carbons (Fsp3) is 0.700. The Bertz CT molecular complexity index is 547. The fourth-order valence-corrected chi connectivity index (χ4v) is 4.66. The zero-order valence-electron chi connectivity index (χ0n) is 14.9. The second kappa shape index (κ2) is 6.75. The highest BCUT2D eigenvalue weighted by atomic mass is 16.3. The summed E-state index contributed by atoms with van der Waals surface area (Å²) in [4.78, 5) is 7.81. The van der Waals surface area contributed by atoms with E-state index in [1.807, 2.05) is 0 Å². The van der Waals surface area contributed by atoms with Gasteiger partial charge in [0.25, 0.3) is 0 Å². The summed E-state index contributed by atoms with van der Waals surface area (Å²) >= 11 is 0. The summed E-state index contributed by atoms with van der Waals surface area (Å²) in [7, 11) is 0. The van der Waals surface area contributed by atoms with Crippen molar-refractivity contribution < 1.29 is 5.11 Å². The molecular weight excluding hydrogens is 298 g/mol. The van der Waals surface area contributed by atoms with Gasteiger partial charge in [-0.15, -0.1) is 0 Å². The van der Waals surface area contributed by atoms with Crippen LogP contribution in [0.25, 0.3) is 0 Å². The number of rotatable bonds is 5. The largest absolute Gasteiger partial charge is 0.394 e. The topological polar surface area (TPSA) is 30.0 Å². The Morgan fingerprint density at radius 3 is 2.54 bits per heavy atom. The normalized spacial score (nSPS) is 32.7. The van der Waals surface area contributed by atoms with Crippen LogP contribution in [0.15, 0.2) is 30.3 Å². The third kappa shape index (κ3) is 3.52. The van der Waals surface area contributed by atoms with Crippen LogP contribution < -0.4 is 0 Å². The Kier molecular flexibility index (Phi) is 4.65. The molecule has 2 atom stereocenters. The first-order valence-electron chi connectivity index (χ1n) is 9.52. The maximum absolute atomic E-state index is 10.1. The molecule has 0 unspecified atom stereocenters. The van der Waals surface area contributed by atoms with Crippen molar-refractivity contribution in [2.45, 2.75) is 37.9 Å². The number of aliphatic hydroxyl groups is 1. The van der Waals surface area contributed by atoms with Gasteiger partial charge in [0.05, 0.1) is 12.1 Å². The van der Waals surface area contributed by atoms with E-state index in [9.17, 15) is 5.11 Å². The number of aliphatic hydroxyl groups excluding tert-OH is 1. The summed E-state index contributed by atoms with van der Waals surface area (Å²) in [5.41, 5.74) is 1.26. The van der Waals surface area contributed by atoms with Crippen molar-refractivity contribution in [2.24, 2.45) is 5.92 Å². The van der Waals surface area contributed by atoms with Crippen LogP contribution in [0.1, 0.15) is 25.3 Å². The summed E-state index contributed by atoms with van der Waals surface area (Å²) < 4.78 is 0. The molecule has 0 spiro atoms. The number of fused-ring (bicyclic) bond motifs is 1. The molecule has 1 aliphatic carbocycles. The molecule has 4 heteroatoms. The lowest BCUT2D eigenvalue weighted by molar-refractivity contribution is -0.0944. The first kappa shape index (κ1) is 16.5. The van der Waals surface area contributed by atoms with Crippen molar-refractivity contribution in [2.75, 3.05) is 45.9 Å². The number of nitrogens with zero attached hydrogens (tertiary/aromatic N) is 3. The van der Waals surface area contributed by atoms with E-state index in [0.29, 0.717) is 6.04 Å². The molecule has 2 aliphatic heterocycles. The SMILES string of the molecule is C[C@@]1(CO)CN(Cc2ccccc2)C[C@@H]2CN(CC3CC3)CCN21. The summed E-state index contributed by atoms with van der Waals surface area (Å²) in [6, 6.07) is 11.3. The average Bonchev–Trinajstić information content (AvgIpc) is 3.39. The van der Waals surface area contributed by atoms with Crippen LogP contribution in [0, 0.1) is 5.92 Å². The van der Waals surface area contributed by atoms with Crippen LogP contribution in [0.2, 0.25) is 0 Å². The van der Waals surface area contributed by atoms with E-state index in [-0.39, 0.29) is 12.1 Å². The summed E-state index contributed by atoms with van der Waals surface area (Å²) in [6.45, 7) is 10.3. The first-order chi connectivity index (χ1) is 11.7. The maximum atomic E-state index is 10.1. The molecule has 3 aliphatic rings. The van der Waals surface area contributed by atoms with Gasteiger partial charge in [-0.1, -0.05) is 30.3 Å². The van der Waals surface area contributed by atoms with Crippen LogP contribution >= 0.6 is 0 Å². The Morgan fingerprint density at radius 1 is 1.08 bits per heavy atom. The zero-order chi connectivity index (χ0) is 16.6. The third-order valence-electron chi connectivity index (χ3n) is 6.10. The van der Waals surface area contributed by atoms with E-state index < -0.39 is 0 Å². The molecule has 1 N–H and O–H groups in total. The van der Waals surface area contributed by atoms with Crippen molar-refractivity contribution in [3.05, 3.63) is 35.9 Å². The minimum absolute atomic E-state index is 0.108. The summed E-state index contributed by atoms with van der Waals surface area (Å²) in [5, 5.41) is 10.1. The summed E-state index contributed by atoms with van der Waals surface area (Å²) in [6.07, 6.45) is 2.86. The molecule has 132 valence electrons. The van der Waals surface area contributed by atoms with E-state index in [4.69, 9.17) is 0 Å². The van der Waals surface area contributed by atoms with Crippen LogP contribution in [0.5, 0.6) is 0 Å². The van der Waals surface area contributed by atoms with Crippen molar-refractivity contribution in [1.82, 2.24) is 14.7 Å². The van der Waals surface area contributed by atoms with Crippen LogP contribution in [0.4, 0.5) is 0 Å². The van der Waals surface area contributed by atoms with Gasteiger partial charge in [0.15, 0.2) is 0 Å². The molecule has 0 aromatic heterocycles. The number of hydrogen-bond acceptors (Lipinski definition) is 4. The zero-order valence-corrected chi connectivity index (χ0v) is 14.9. The molecule has 2 saturated heterocycles. The highest BCUT2D eigenvalue weighted by molar-refractivity contribution is 5.15. The minimum atomic E-state index is -0.108. The smallest absolute Gasteiger partial charge is 0.0625 e. The number of benzene rings is 1. The van der Waals surface area contributed by atoms with Gasteiger partial charge in [0.2, 0.25) is 0 Å². The highest BCUT2D eigenvalue weighted by Crippen LogP contribution is 2.33. The van der Waals surface area contributed by atoms with E-state index in [1.165, 1.54) is 31.5 Å². The Balaban J connectivity index is 1.46. The first-order valence-corrected chi connectivity index (χ1v) is 9.52. The molecule has 24 heavy (non-hydrogen) atoms. The van der Waals surface area contributed by atoms with E-state index in [0.717, 1.165) is 38.6 Å². The van der Waals surface area contributed by atoms with Crippen molar-refractivity contribution >= 4 is 0 Å². The van der Waals surface area contributed by atoms with E-state index >= 15 is 0 Å². The minimum Gasteiger partial charge on any atom is -0.394 e. The predicted octanol–water partition coefficient (Wildman–Crippen LogP) is 1.65. The second-order valence-corrected chi connectivity index (χ2v) is 8.36. The summed E-state index contributed by atoms with van der Waals surface area (Å²) in [5.74, 6) is 0.963. The molecule has 1 aromatic rings. The quantitative estimate of drug-likeness (QED) is 0.890. The van der Waals surface area contributed by atoms with Gasteiger partial charge in [0.1, 0.15) is 0 Å². The molecule has 2 heterocycles. The average molecular weight is 329 g/mol. The van der Waals surface area contributed by atoms with Crippen molar-refractivity contribution in [3.63, 3.8) is 0 Å². The van der Waals surface area contributed by atoms with Crippen molar-refractivity contribution in [3.8, 4) is 0 Å². The number of piperazine rings is 2. The number of hydrogen-bond donors (Lipinski definition) is 1. The van der Waals surface area contributed by atoms with Gasteiger partial charge >= 0.3 is 0 Å². The van der Waals surface area contributed by atoms with Crippen LogP contribution in [-0.2, 0) is 6.54 Å². The third-order valence-corrected chi connectivity index (χ3v) is 6.10. The molecule has 0 radical (unpaired) electrons.